The van der Waals surface area contributed by atoms with Crippen LogP contribution in [0.5, 0.6) is 0 Å². The second-order valence-corrected chi connectivity index (χ2v) is 7.02. The van der Waals surface area contributed by atoms with Crippen molar-refractivity contribution in [3.8, 4) is 0 Å². The molecule has 5 heteroatoms. The van der Waals surface area contributed by atoms with E-state index in [1.165, 1.54) is 0 Å². The van der Waals surface area contributed by atoms with E-state index in [1.54, 1.807) is 0 Å². The van der Waals surface area contributed by atoms with Crippen molar-refractivity contribution < 1.29 is 9.59 Å². The van der Waals surface area contributed by atoms with Crippen LogP contribution in [0.15, 0.2) is 66.7 Å². The van der Waals surface area contributed by atoms with E-state index in [4.69, 9.17) is 5.73 Å². The van der Waals surface area contributed by atoms with Crippen molar-refractivity contribution in [2.75, 3.05) is 0 Å². The van der Waals surface area contributed by atoms with Crippen LogP contribution < -0.4 is 16.4 Å². The van der Waals surface area contributed by atoms with Crippen molar-refractivity contribution in [2.24, 2.45) is 5.73 Å². The summed E-state index contributed by atoms with van der Waals surface area (Å²) in [6.45, 7) is 3.90. The van der Waals surface area contributed by atoms with Gasteiger partial charge in [-0.1, -0.05) is 60.7 Å². The molecule has 5 nitrogen and oxygen atoms in total. The van der Waals surface area contributed by atoms with Crippen LogP contribution in [0.2, 0.25) is 0 Å². The maximum absolute atomic E-state index is 12.7. The first-order valence-corrected chi connectivity index (χ1v) is 9.33. The van der Waals surface area contributed by atoms with Gasteiger partial charge in [-0.15, -0.1) is 0 Å². The van der Waals surface area contributed by atoms with Gasteiger partial charge in [0, 0.05) is 0 Å². The highest BCUT2D eigenvalue weighted by molar-refractivity contribution is 5.83. The molecule has 3 aromatic carbocycles. The fraction of sp³-hybridized carbons (Fsp3) is 0.217. The van der Waals surface area contributed by atoms with E-state index in [-0.39, 0.29) is 18.4 Å². The third kappa shape index (κ3) is 4.68. The van der Waals surface area contributed by atoms with Gasteiger partial charge < -0.3 is 16.4 Å². The topological polar surface area (TPSA) is 84.2 Å². The Labute approximate surface area is 164 Å². The van der Waals surface area contributed by atoms with Gasteiger partial charge in [-0.25, -0.2) is 4.79 Å². The Morgan fingerprint density at radius 2 is 1.61 bits per heavy atom. The number of rotatable bonds is 6. The van der Waals surface area contributed by atoms with E-state index in [1.807, 2.05) is 56.3 Å². The first kappa shape index (κ1) is 19.4. The second-order valence-electron chi connectivity index (χ2n) is 7.02. The first-order chi connectivity index (χ1) is 13.4. The summed E-state index contributed by atoms with van der Waals surface area (Å²) < 4.78 is 0. The molecule has 144 valence electrons. The molecule has 0 radical (unpaired) electrons. The third-order valence-corrected chi connectivity index (χ3v) is 4.92. The molecule has 3 aromatic rings. The normalized spacial score (nSPS) is 12.9. The highest BCUT2D eigenvalue weighted by Gasteiger charge is 2.20. The zero-order chi connectivity index (χ0) is 20.1. The number of amides is 3. The molecular formula is C23H25N3O2. The molecule has 0 aliphatic heterocycles. The average Bonchev–Trinajstić information content (AvgIpc) is 2.67. The summed E-state index contributed by atoms with van der Waals surface area (Å²) in [7, 11) is 0. The highest BCUT2D eigenvalue weighted by atomic mass is 16.2. The number of aryl methyl sites for hydroxylation is 1. The number of carbonyl (C=O) groups excluding carboxylic acids is 2. The molecule has 2 atom stereocenters. The molecule has 28 heavy (non-hydrogen) atoms. The first-order valence-electron chi connectivity index (χ1n) is 9.33. The molecular weight excluding hydrogens is 350 g/mol. The van der Waals surface area contributed by atoms with E-state index < -0.39 is 12.1 Å². The summed E-state index contributed by atoms with van der Waals surface area (Å²) in [4.78, 5) is 24.1. The highest BCUT2D eigenvalue weighted by Crippen LogP contribution is 2.23. The number of carbonyl (C=O) groups is 2. The van der Waals surface area contributed by atoms with Crippen LogP contribution in [0.25, 0.3) is 10.8 Å². The lowest BCUT2D eigenvalue weighted by Crippen LogP contribution is -2.37. The quantitative estimate of drug-likeness (QED) is 0.605. The maximum Gasteiger partial charge on any atom is 0.312 e. The van der Waals surface area contributed by atoms with Gasteiger partial charge in [0.15, 0.2) is 0 Å². The molecule has 0 fully saturated rings. The molecule has 0 saturated heterocycles. The minimum absolute atomic E-state index is 0.117. The van der Waals surface area contributed by atoms with Crippen LogP contribution in [0.1, 0.15) is 42.1 Å². The predicted molar refractivity (Wildman–Crippen MR) is 112 cm³/mol. The number of hydrogen-bond acceptors (Lipinski definition) is 2. The molecule has 0 heterocycles. The number of benzene rings is 3. The Morgan fingerprint density at radius 1 is 0.929 bits per heavy atom. The summed E-state index contributed by atoms with van der Waals surface area (Å²) >= 11 is 0. The number of nitrogens with two attached hydrogens (primary N) is 1. The van der Waals surface area contributed by atoms with Gasteiger partial charge in [-0.2, -0.15) is 0 Å². The molecule has 4 N–H and O–H groups in total. The van der Waals surface area contributed by atoms with Crippen molar-refractivity contribution >= 4 is 22.7 Å². The Balaban J connectivity index is 1.72. The van der Waals surface area contributed by atoms with Crippen molar-refractivity contribution in [1.29, 1.82) is 0 Å². The standard InChI is InChI=1S/C23H25N3O2/c1-15-7-3-6-10-20(15)21(26-23(24)28)14-22(27)25-16(2)18-12-11-17-8-4-5-9-19(17)13-18/h3-13,16,21H,14H2,1-2H3,(H,25,27)(H3,24,26,28). The molecule has 0 aromatic heterocycles. The molecule has 0 bridgehead atoms. The number of primary amides is 1. The third-order valence-electron chi connectivity index (χ3n) is 4.92. The van der Waals surface area contributed by atoms with Crippen LogP contribution in [0, 0.1) is 6.92 Å². The smallest absolute Gasteiger partial charge is 0.312 e. The Hall–Kier alpha value is -3.34. The molecule has 0 aliphatic rings. The molecule has 0 saturated carbocycles. The molecule has 2 unspecified atom stereocenters. The molecule has 0 spiro atoms. The van der Waals surface area contributed by atoms with E-state index in [0.29, 0.717) is 0 Å². The van der Waals surface area contributed by atoms with Gasteiger partial charge in [-0.05, 0) is 47.4 Å². The number of hydrogen-bond donors (Lipinski definition) is 3. The lowest BCUT2D eigenvalue weighted by molar-refractivity contribution is -0.122. The van der Waals surface area contributed by atoms with Gasteiger partial charge in [0.1, 0.15) is 0 Å². The lowest BCUT2D eigenvalue weighted by Gasteiger charge is -2.21. The SMILES string of the molecule is Cc1ccccc1C(CC(=O)NC(C)c1ccc2ccccc2c1)NC(N)=O. The summed E-state index contributed by atoms with van der Waals surface area (Å²) in [6.07, 6.45) is 0.117. The Bertz CT molecular complexity index is 1000. The summed E-state index contributed by atoms with van der Waals surface area (Å²) in [5.74, 6) is -0.150. The maximum atomic E-state index is 12.7. The van der Waals surface area contributed by atoms with Gasteiger partial charge in [0.05, 0.1) is 18.5 Å². The van der Waals surface area contributed by atoms with Crippen LogP contribution in [0.4, 0.5) is 4.79 Å². The molecule has 3 rings (SSSR count). The Kier molecular flexibility index (Phi) is 5.94. The average molecular weight is 375 g/mol. The van der Waals surface area contributed by atoms with Crippen molar-refractivity contribution in [1.82, 2.24) is 10.6 Å². The number of urea groups is 1. The van der Waals surface area contributed by atoms with Gasteiger partial charge >= 0.3 is 6.03 Å². The summed E-state index contributed by atoms with van der Waals surface area (Å²) in [5, 5.41) is 8.00. The largest absolute Gasteiger partial charge is 0.352 e. The van der Waals surface area contributed by atoms with E-state index in [2.05, 4.69) is 34.9 Å². The van der Waals surface area contributed by atoms with Gasteiger partial charge in [0.2, 0.25) is 5.91 Å². The number of nitrogens with one attached hydrogen (secondary N) is 2. The summed E-state index contributed by atoms with van der Waals surface area (Å²) in [6, 6.07) is 20.7. The van der Waals surface area contributed by atoms with Crippen LogP contribution >= 0.6 is 0 Å². The van der Waals surface area contributed by atoms with Crippen LogP contribution in [-0.2, 0) is 4.79 Å². The fourth-order valence-electron chi connectivity index (χ4n) is 3.43. The van der Waals surface area contributed by atoms with Gasteiger partial charge in [0.25, 0.3) is 0 Å². The van der Waals surface area contributed by atoms with E-state index in [0.717, 1.165) is 27.5 Å². The Morgan fingerprint density at radius 3 is 2.32 bits per heavy atom. The predicted octanol–water partition coefficient (Wildman–Crippen LogP) is 4.13. The zero-order valence-electron chi connectivity index (χ0n) is 16.1. The minimum atomic E-state index is -0.649. The fourth-order valence-corrected chi connectivity index (χ4v) is 3.43. The van der Waals surface area contributed by atoms with E-state index in [9.17, 15) is 9.59 Å². The van der Waals surface area contributed by atoms with Crippen LogP contribution in [-0.4, -0.2) is 11.9 Å². The zero-order valence-corrected chi connectivity index (χ0v) is 16.1. The monoisotopic (exact) mass is 375 g/mol. The molecule has 3 amide bonds. The minimum Gasteiger partial charge on any atom is -0.352 e. The molecule has 0 aliphatic carbocycles. The summed E-state index contributed by atoms with van der Waals surface area (Å²) in [5.41, 5.74) is 8.23. The van der Waals surface area contributed by atoms with Crippen molar-refractivity contribution in [3.05, 3.63) is 83.4 Å². The van der Waals surface area contributed by atoms with Gasteiger partial charge in [-0.3, -0.25) is 4.79 Å². The number of fused-ring (bicyclic) bond motifs is 1. The second kappa shape index (κ2) is 8.57. The lowest BCUT2D eigenvalue weighted by atomic mass is 9.98. The van der Waals surface area contributed by atoms with E-state index >= 15 is 0 Å². The van der Waals surface area contributed by atoms with Crippen molar-refractivity contribution in [2.45, 2.75) is 32.4 Å². The van der Waals surface area contributed by atoms with Crippen molar-refractivity contribution in [3.63, 3.8) is 0 Å². The van der Waals surface area contributed by atoms with Crippen LogP contribution in [0.3, 0.4) is 0 Å².